The summed E-state index contributed by atoms with van der Waals surface area (Å²) in [4.78, 5) is 12.3. The first-order valence-corrected chi connectivity index (χ1v) is 7.72. The predicted octanol–water partition coefficient (Wildman–Crippen LogP) is 4.36. The average molecular weight is 351 g/mol. The second-order valence-corrected chi connectivity index (χ2v) is 5.63. The topological polar surface area (TPSA) is 54.0 Å². The van der Waals surface area contributed by atoms with Crippen molar-refractivity contribution in [2.24, 2.45) is 0 Å². The minimum atomic E-state index is -0.545. The average Bonchev–Trinajstić information content (AvgIpc) is 2.56. The van der Waals surface area contributed by atoms with Gasteiger partial charge in [-0.25, -0.2) is 4.79 Å². The standard InChI is InChI=1S/C18H19ClO5/c1-11(2)23-17-15(19)9-12(10-16(17)22-4)18(20)24-14-7-5-13(21-3)6-8-14/h5-11H,1-4H3. The molecule has 0 amide bonds. The summed E-state index contributed by atoms with van der Waals surface area (Å²) in [7, 11) is 3.05. The lowest BCUT2D eigenvalue weighted by atomic mass is 10.2. The van der Waals surface area contributed by atoms with Gasteiger partial charge in [-0.15, -0.1) is 0 Å². The summed E-state index contributed by atoms with van der Waals surface area (Å²) in [5.41, 5.74) is 0.267. The number of methoxy groups -OCH3 is 2. The molecule has 5 nitrogen and oxygen atoms in total. The summed E-state index contributed by atoms with van der Waals surface area (Å²) >= 11 is 6.21. The minimum absolute atomic E-state index is 0.0755. The van der Waals surface area contributed by atoms with Gasteiger partial charge in [-0.3, -0.25) is 0 Å². The Morgan fingerprint density at radius 2 is 1.62 bits per heavy atom. The second kappa shape index (κ2) is 7.93. The predicted molar refractivity (Wildman–Crippen MR) is 91.7 cm³/mol. The third-order valence-electron chi connectivity index (χ3n) is 3.09. The smallest absolute Gasteiger partial charge is 0.343 e. The van der Waals surface area contributed by atoms with E-state index in [0.29, 0.717) is 23.0 Å². The van der Waals surface area contributed by atoms with Gasteiger partial charge in [0.05, 0.1) is 30.9 Å². The van der Waals surface area contributed by atoms with Crippen LogP contribution in [0, 0.1) is 0 Å². The van der Waals surface area contributed by atoms with Crippen LogP contribution in [0.5, 0.6) is 23.0 Å². The molecule has 0 spiro atoms. The van der Waals surface area contributed by atoms with Crippen LogP contribution in [0.4, 0.5) is 0 Å². The lowest BCUT2D eigenvalue weighted by Gasteiger charge is -2.16. The Morgan fingerprint density at radius 1 is 1.00 bits per heavy atom. The van der Waals surface area contributed by atoms with Crippen molar-refractivity contribution in [2.45, 2.75) is 20.0 Å². The molecule has 2 aromatic carbocycles. The van der Waals surface area contributed by atoms with Gasteiger partial charge in [-0.1, -0.05) is 11.6 Å². The van der Waals surface area contributed by atoms with Gasteiger partial charge in [0.15, 0.2) is 11.5 Å². The number of benzene rings is 2. The van der Waals surface area contributed by atoms with E-state index in [9.17, 15) is 4.79 Å². The molecule has 0 aliphatic carbocycles. The van der Waals surface area contributed by atoms with Crippen molar-refractivity contribution in [1.82, 2.24) is 0 Å². The van der Waals surface area contributed by atoms with E-state index in [-0.39, 0.29) is 16.7 Å². The molecule has 0 saturated heterocycles. The fourth-order valence-corrected chi connectivity index (χ4v) is 2.25. The Balaban J connectivity index is 2.23. The molecule has 0 radical (unpaired) electrons. The van der Waals surface area contributed by atoms with Crippen molar-refractivity contribution in [3.05, 3.63) is 47.0 Å². The van der Waals surface area contributed by atoms with Gasteiger partial charge in [0.2, 0.25) is 0 Å². The van der Waals surface area contributed by atoms with Crippen LogP contribution >= 0.6 is 11.6 Å². The lowest BCUT2D eigenvalue weighted by Crippen LogP contribution is -2.11. The van der Waals surface area contributed by atoms with Crippen LogP contribution in [-0.2, 0) is 0 Å². The summed E-state index contributed by atoms with van der Waals surface area (Å²) < 4.78 is 21.3. The highest BCUT2D eigenvalue weighted by Crippen LogP contribution is 2.37. The van der Waals surface area contributed by atoms with E-state index in [1.54, 1.807) is 31.4 Å². The zero-order chi connectivity index (χ0) is 17.7. The molecular weight excluding hydrogens is 332 g/mol. The van der Waals surface area contributed by atoms with Crippen molar-refractivity contribution < 1.29 is 23.7 Å². The van der Waals surface area contributed by atoms with Gasteiger partial charge in [0.25, 0.3) is 0 Å². The number of rotatable bonds is 6. The van der Waals surface area contributed by atoms with Crippen LogP contribution in [0.1, 0.15) is 24.2 Å². The Hall–Kier alpha value is -2.40. The molecule has 6 heteroatoms. The third kappa shape index (κ3) is 4.32. The molecule has 0 bridgehead atoms. The fraction of sp³-hybridized carbons (Fsp3) is 0.278. The van der Waals surface area contributed by atoms with E-state index in [2.05, 4.69) is 0 Å². The number of halogens is 1. The van der Waals surface area contributed by atoms with Gasteiger partial charge in [-0.05, 0) is 50.2 Å². The molecule has 0 unspecified atom stereocenters. The summed E-state index contributed by atoms with van der Waals surface area (Å²) in [6.45, 7) is 3.75. The summed E-state index contributed by atoms with van der Waals surface area (Å²) in [6, 6.07) is 9.73. The molecule has 0 saturated carbocycles. The summed E-state index contributed by atoms with van der Waals surface area (Å²) in [6.07, 6.45) is -0.0755. The molecule has 0 heterocycles. The zero-order valence-electron chi connectivity index (χ0n) is 14.0. The van der Waals surface area contributed by atoms with Gasteiger partial charge in [0.1, 0.15) is 11.5 Å². The Morgan fingerprint density at radius 3 is 2.17 bits per heavy atom. The van der Waals surface area contributed by atoms with E-state index in [1.165, 1.54) is 19.2 Å². The number of hydrogen-bond donors (Lipinski definition) is 0. The van der Waals surface area contributed by atoms with Crippen molar-refractivity contribution in [3.63, 3.8) is 0 Å². The largest absolute Gasteiger partial charge is 0.497 e. The Kier molecular flexibility index (Phi) is 5.93. The van der Waals surface area contributed by atoms with E-state index in [4.69, 9.17) is 30.5 Å². The lowest BCUT2D eigenvalue weighted by molar-refractivity contribution is 0.0734. The van der Waals surface area contributed by atoms with Crippen LogP contribution in [-0.4, -0.2) is 26.3 Å². The van der Waals surface area contributed by atoms with Crippen molar-refractivity contribution in [1.29, 1.82) is 0 Å². The first-order valence-electron chi connectivity index (χ1n) is 7.35. The fourth-order valence-electron chi connectivity index (χ4n) is 2.00. The molecule has 0 N–H and O–H groups in total. The molecule has 24 heavy (non-hydrogen) atoms. The number of carbonyl (C=O) groups is 1. The molecule has 2 rings (SSSR count). The molecular formula is C18H19ClO5. The monoisotopic (exact) mass is 350 g/mol. The van der Waals surface area contributed by atoms with Crippen molar-refractivity contribution >= 4 is 17.6 Å². The third-order valence-corrected chi connectivity index (χ3v) is 3.37. The zero-order valence-corrected chi connectivity index (χ0v) is 14.7. The highest BCUT2D eigenvalue weighted by Gasteiger charge is 2.18. The summed E-state index contributed by atoms with van der Waals surface area (Å²) in [5.74, 6) is 1.30. The number of esters is 1. The van der Waals surface area contributed by atoms with Crippen LogP contribution in [0.3, 0.4) is 0 Å². The van der Waals surface area contributed by atoms with Crippen molar-refractivity contribution in [2.75, 3.05) is 14.2 Å². The maximum atomic E-state index is 12.3. The normalized spacial score (nSPS) is 10.4. The molecule has 128 valence electrons. The van der Waals surface area contributed by atoms with Crippen LogP contribution < -0.4 is 18.9 Å². The molecule has 2 aromatic rings. The van der Waals surface area contributed by atoms with Crippen LogP contribution in [0.2, 0.25) is 5.02 Å². The first-order chi connectivity index (χ1) is 11.4. The summed E-state index contributed by atoms with van der Waals surface area (Å²) in [5, 5.41) is 0.282. The molecule has 0 aromatic heterocycles. The maximum Gasteiger partial charge on any atom is 0.343 e. The van der Waals surface area contributed by atoms with Gasteiger partial charge >= 0.3 is 5.97 Å². The van der Waals surface area contributed by atoms with Gasteiger partial charge in [-0.2, -0.15) is 0 Å². The van der Waals surface area contributed by atoms with E-state index in [1.807, 2.05) is 13.8 Å². The highest BCUT2D eigenvalue weighted by molar-refractivity contribution is 6.32. The molecule has 0 atom stereocenters. The quantitative estimate of drug-likeness (QED) is 0.572. The van der Waals surface area contributed by atoms with E-state index >= 15 is 0 Å². The minimum Gasteiger partial charge on any atom is -0.497 e. The van der Waals surface area contributed by atoms with Gasteiger partial charge in [0, 0.05) is 0 Å². The molecule has 0 fully saturated rings. The first kappa shape index (κ1) is 17.9. The van der Waals surface area contributed by atoms with E-state index < -0.39 is 5.97 Å². The second-order valence-electron chi connectivity index (χ2n) is 5.22. The highest BCUT2D eigenvalue weighted by atomic mass is 35.5. The number of carbonyl (C=O) groups excluding carboxylic acids is 1. The molecule has 0 aliphatic heterocycles. The maximum absolute atomic E-state index is 12.3. The Labute approximate surface area is 146 Å². The SMILES string of the molecule is COc1ccc(OC(=O)c2cc(Cl)c(OC(C)C)c(OC)c2)cc1. The molecule has 0 aliphatic rings. The van der Waals surface area contributed by atoms with Crippen molar-refractivity contribution in [3.8, 4) is 23.0 Å². The van der Waals surface area contributed by atoms with Gasteiger partial charge < -0.3 is 18.9 Å². The number of ether oxygens (including phenoxy) is 4. The van der Waals surface area contributed by atoms with E-state index in [0.717, 1.165) is 0 Å². The number of hydrogen-bond acceptors (Lipinski definition) is 5. The van der Waals surface area contributed by atoms with Crippen LogP contribution in [0.15, 0.2) is 36.4 Å². The van der Waals surface area contributed by atoms with Crippen LogP contribution in [0.25, 0.3) is 0 Å². The Bertz CT molecular complexity index is 710.